The Morgan fingerprint density at radius 3 is 2.64 bits per heavy atom. The molecule has 0 saturated heterocycles. The lowest BCUT2D eigenvalue weighted by atomic mass is 10.2. The van der Waals surface area contributed by atoms with Gasteiger partial charge in [-0.3, -0.25) is 19.5 Å². The highest BCUT2D eigenvalue weighted by Crippen LogP contribution is 2.20. The molecule has 28 heavy (non-hydrogen) atoms. The van der Waals surface area contributed by atoms with Crippen LogP contribution in [-0.4, -0.2) is 14.5 Å². The second kappa shape index (κ2) is 7.13. The molecule has 0 aliphatic carbocycles. The fourth-order valence-electron chi connectivity index (χ4n) is 2.81. The molecule has 138 valence electrons. The second-order valence-electron chi connectivity index (χ2n) is 5.87. The molecule has 2 aromatic heterocycles. The second-order valence-corrected chi connectivity index (χ2v) is 6.31. The molecule has 0 saturated carbocycles. The zero-order valence-corrected chi connectivity index (χ0v) is 15.0. The zero-order chi connectivity index (χ0) is 19.7. The first-order chi connectivity index (χ1) is 13.5. The van der Waals surface area contributed by atoms with E-state index in [-0.39, 0.29) is 17.2 Å². The van der Waals surface area contributed by atoms with Gasteiger partial charge in [0.2, 0.25) is 0 Å². The minimum absolute atomic E-state index is 0.252. The summed E-state index contributed by atoms with van der Waals surface area (Å²) < 4.78 is 6.56. The number of halogens is 1. The summed E-state index contributed by atoms with van der Waals surface area (Å²) in [4.78, 5) is 27.8. The first-order valence-corrected chi connectivity index (χ1v) is 8.61. The van der Waals surface area contributed by atoms with Crippen molar-refractivity contribution in [2.45, 2.75) is 0 Å². The molecular formula is C20H12ClN3O4. The summed E-state index contributed by atoms with van der Waals surface area (Å²) in [5.74, 6) is 0.245. The molecule has 0 spiro atoms. The van der Waals surface area contributed by atoms with E-state index < -0.39 is 4.92 Å². The van der Waals surface area contributed by atoms with Crippen LogP contribution in [0.5, 0.6) is 0 Å². The molecule has 0 bridgehead atoms. The van der Waals surface area contributed by atoms with Crippen LogP contribution in [0, 0.1) is 10.1 Å². The predicted octanol–water partition coefficient (Wildman–Crippen LogP) is 4.71. The highest BCUT2D eigenvalue weighted by atomic mass is 35.5. The normalized spacial score (nSPS) is 11.3. The lowest BCUT2D eigenvalue weighted by Gasteiger charge is -2.11. The van der Waals surface area contributed by atoms with Crippen molar-refractivity contribution in [1.82, 2.24) is 9.55 Å². The molecule has 0 unspecified atom stereocenters. The van der Waals surface area contributed by atoms with Gasteiger partial charge in [-0.2, -0.15) is 0 Å². The molecule has 4 aromatic rings. The van der Waals surface area contributed by atoms with Gasteiger partial charge in [0, 0.05) is 5.02 Å². The van der Waals surface area contributed by atoms with Crippen molar-refractivity contribution in [2.24, 2.45) is 0 Å². The van der Waals surface area contributed by atoms with Crippen molar-refractivity contribution < 1.29 is 9.34 Å². The predicted molar refractivity (Wildman–Crippen MR) is 107 cm³/mol. The molecule has 2 heterocycles. The van der Waals surface area contributed by atoms with Crippen LogP contribution in [0.25, 0.3) is 28.7 Å². The van der Waals surface area contributed by atoms with Gasteiger partial charge in [0.25, 0.3) is 5.56 Å². The minimum Gasteiger partial charge on any atom is -0.401 e. The monoisotopic (exact) mass is 393 g/mol. The fourth-order valence-corrected chi connectivity index (χ4v) is 3.00. The van der Waals surface area contributed by atoms with Crippen LogP contribution in [0.3, 0.4) is 0 Å². The van der Waals surface area contributed by atoms with E-state index in [2.05, 4.69) is 4.98 Å². The Kier molecular flexibility index (Phi) is 4.50. The van der Waals surface area contributed by atoms with Crippen molar-refractivity contribution in [1.29, 1.82) is 0 Å². The number of aromatic nitrogens is 2. The SMILES string of the molecule is O=c1c2ccccc2nc(/C=C/c2ccc([N+](=O)[O-])o2)n1-c1cccc(Cl)c1. The Balaban J connectivity index is 1.90. The third-order valence-electron chi connectivity index (χ3n) is 4.06. The van der Waals surface area contributed by atoms with Crippen molar-refractivity contribution in [3.63, 3.8) is 0 Å². The molecule has 0 fully saturated rings. The Hall–Kier alpha value is -3.71. The van der Waals surface area contributed by atoms with Crippen molar-refractivity contribution in [2.75, 3.05) is 0 Å². The van der Waals surface area contributed by atoms with E-state index in [1.165, 1.54) is 22.8 Å². The smallest absolute Gasteiger partial charge is 0.401 e. The number of benzene rings is 2. The maximum absolute atomic E-state index is 13.1. The van der Waals surface area contributed by atoms with E-state index >= 15 is 0 Å². The van der Waals surface area contributed by atoms with Crippen LogP contribution in [0.2, 0.25) is 5.02 Å². The molecule has 2 aromatic carbocycles. The van der Waals surface area contributed by atoms with Crippen LogP contribution < -0.4 is 5.56 Å². The van der Waals surface area contributed by atoms with Crippen LogP contribution in [0.15, 0.2) is 69.9 Å². The van der Waals surface area contributed by atoms with Gasteiger partial charge in [0.15, 0.2) is 0 Å². The number of hydrogen-bond acceptors (Lipinski definition) is 5. The molecule has 4 rings (SSSR count). The lowest BCUT2D eigenvalue weighted by Crippen LogP contribution is -2.22. The summed E-state index contributed by atoms with van der Waals surface area (Å²) in [6, 6.07) is 16.6. The van der Waals surface area contributed by atoms with Gasteiger partial charge >= 0.3 is 5.88 Å². The maximum Gasteiger partial charge on any atom is 0.433 e. The van der Waals surface area contributed by atoms with Gasteiger partial charge in [-0.05, 0) is 48.6 Å². The van der Waals surface area contributed by atoms with E-state index in [1.807, 2.05) is 0 Å². The Bertz CT molecular complexity index is 1290. The minimum atomic E-state index is -0.618. The number of hydrogen-bond donors (Lipinski definition) is 0. The molecule has 0 radical (unpaired) electrons. The highest BCUT2D eigenvalue weighted by Gasteiger charge is 2.13. The summed E-state index contributed by atoms with van der Waals surface area (Å²) in [6.45, 7) is 0. The van der Waals surface area contributed by atoms with E-state index in [4.69, 9.17) is 16.0 Å². The van der Waals surface area contributed by atoms with Crippen molar-refractivity contribution in [3.8, 4) is 5.69 Å². The number of nitro groups is 1. The number of nitrogens with zero attached hydrogens (tertiary/aromatic N) is 3. The van der Waals surface area contributed by atoms with Crippen LogP contribution >= 0.6 is 11.6 Å². The van der Waals surface area contributed by atoms with Crippen LogP contribution in [-0.2, 0) is 0 Å². The molecule has 0 atom stereocenters. The standard InChI is InChI=1S/C20H12ClN3O4/c21-13-4-3-5-14(12-13)23-18(10-8-15-9-11-19(28-15)24(26)27)22-17-7-2-1-6-16(17)20(23)25/h1-12H/b10-8+. The Morgan fingerprint density at radius 2 is 1.89 bits per heavy atom. The molecule has 7 nitrogen and oxygen atoms in total. The zero-order valence-electron chi connectivity index (χ0n) is 14.3. The van der Waals surface area contributed by atoms with Gasteiger partial charge in [0.1, 0.15) is 16.5 Å². The van der Waals surface area contributed by atoms with Crippen LogP contribution in [0.4, 0.5) is 5.88 Å². The van der Waals surface area contributed by atoms with Crippen LogP contribution in [0.1, 0.15) is 11.6 Å². The quantitative estimate of drug-likeness (QED) is 0.370. The molecule has 0 amide bonds. The average molecular weight is 394 g/mol. The molecular weight excluding hydrogens is 382 g/mol. The molecule has 0 N–H and O–H groups in total. The van der Waals surface area contributed by atoms with Gasteiger partial charge in [-0.1, -0.05) is 29.8 Å². The first kappa shape index (κ1) is 17.7. The van der Waals surface area contributed by atoms with Gasteiger partial charge < -0.3 is 4.42 Å². The Labute approximate surface area is 163 Å². The summed E-state index contributed by atoms with van der Waals surface area (Å²) in [6.07, 6.45) is 3.09. The van der Waals surface area contributed by atoms with Gasteiger partial charge in [0.05, 0.1) is 22.7 Å². The summed E-state index contributed by atoms with van der Waals surface area (Å²) in [5.41, 5.74) is 0.842. The fraction of sp³-hybridized carbons (Fsp3) is 0. The first-order valence-electron chi connectivity index (χ1n) is 8.23. The number of rotatable bonds is 4. The van der Waals surface area contributed by atoms with E-state index in [0.29, 0.717) is 27.4 Å². The third-order valence-corrected chi connectivity index (χ3v) is 4.29. The van der Waals surface area contributed by atoms with E-state index in [1.54, 1.807) is 54.6 Å². The van der Waals surface area contributed by atoms with Gasteiger partial charge in [-0.25, -0.2) is 4.98 Å². The average Bonchev–Trinajstić information content (AvgIpc) is 3.16. The molecule has 0 aliphatic rings. The number of fused-ring (bicyclic) bond motifs is 1. The summed E-state index contributed by atoms with van der Waals surface area (Å²) in [5, 5.41) is 11.7. The van der Waals surface area contributed by atoms with E-state index in [9.17, 15) is 14.9 Å². The summed E-state index contributed by atoms with van der Waals surface area (Å²) in [7, 11) is 0. The molecule has 0 aliphatic heterocycles. The Morgan fingerprint density at radius 1 is 1.07 bits per heavy atom. The number of para-hydroxylation sites is 1. The van der Waals surface area contributed by atoms with Crippen molar-refractivity contribution in [3.05, 3.63) is 97.7 Å². The van der Waals surface area contributed by atoms with Crippen molar-refractivity contribution >= 4 is 40.5 Å². The lowest BCUT2D eigenvalue weighted by molar-refractivity contribution is -0.402. The van der Waals surface area contributed by atoms with E-state index in [0.717, 1.165) is 0 Å². The highest BCUT2D eigenvalue weighted by molar-refractivity contribution is 6.30. The third kappa shape index (κ3) is 3.30. The largest absolute Gasteiger partial charge is 0.433 e. The topological polar surface area (TPSA) is 91.2 Å². The maximum atomic E-state index is 13.1. The molecule has 8 heteroatoms. The summed E-state index contributed by atoms with van der Waals surface area (Å²) >= 11 is 6.09. The van der Waals surface area contributed by atoms with Gasteiger partial charge in [-0.15, -0.1) is 0 Å². The number of furan rings is 1.